The van der Waals surface area contributed by atoms with Gasteiger partial charge >= 0.3 is 0 Å². The van der Waals surface area contributed by atoms with Crippen LogP contribution in [-0.2, 0) is 26.0 Å². The highest BCUT2D eigenvalue weighted by molar-refractivity contribution is 7.89. The van der Waals surface area contributed by atoms with E-state index in [-0.39, 0.29) is 35.2 Å². The summed E-state index contributed by atoms with van der Waals surface area (Å²) in [6.07, 6.45) is 3.82. The number of amides is 2. The predicted octanol–water partition coefficient (Wildman–Crippen LogP) is 4.03. The largest absolute Gasteiger partial charge is 0.326 e. The molecule has 186 valence electrons. The van der Waals surface area contributed by atoms with Gasteiger partial charge in [0.15, 0.2) is 0 Å². The molecule has 1 aliphatic carbocycles. The monoisotopic (exact) mass is 495 g/mol. The Hall–Kier alpha value is -2.71. The minimum atomic E-state index is -3.75. The van der Waals surface area contributed by atoms with Crippen LogP contribution in [0.15, 0.2) is 41.3 Å². The van der Waals surface area contributed by atoms with E-state index in [4.69, 9.17) is 0 Å². The van der Waals surface area contributed by atoms with Gasteiger partial charge in [-0.1, -0.05) is 17.7 Å². The zero-order chi connectivity index (χ0) is 24.9. The summed E-state index contributed by atoms with van der Waals surface area (Å²) in [6.45, 7) is 6.53. The maximum atomic E-state index is 13.5. The van der Waals surface area contributed by atoms with E-state index >= 15 is 0 Å². The molecule has 2 heterocycles. The van der Waals surface area contributed by atoms with Crippen LogP contribution >= 0.6 is 0 Å². The molecule has 35 heavy (non-hydrogen) atoms. The molecule has 0 radical (unpaired) electrons. The second-order valence-corrected chi connectivity index (χ2v) is 12.3. The normalized spacial score (nSPS) is 22.7. The summed E-state index contributed by atoms with van der Waals surface area (Å²) < 4.78 is 28.5. The number of aryl methyl sites for hydroxylation is 2. The summed E-state index contributed by atoms with van der Waals surface area (Å²) in [4.78, 5) is 27.8. The first kappa shape index (κ1) is 24.0. The van der Waals surface area contributed by atoms with Gasteiger partial charge in [0.2, 0.25) is 21.8 Å². The van der Waals surface area contributed by atoms with Crippen LogP contribution in [-0.4, -0.2) is 43.7 Å². The van der Waals surface area contributed by atoms with Crippen LogP contribution in [0.4, 0.5) is 11.4 Å². The molecule has 2 fully saturated rings. The number of piperidine rings is 1. The lowest BCUT2D eigenvalue weighted by atomic mass is 9.98. The van der Waals surface area contributed by atoms with Crippen molar-refractivity contribution >= 4 is 33.2 Å². The Morgan fingerprint density at radius 2 is 1.77 bits per heavy atom. The fourth-order valence-electron chi connectivity index (χ4n) is 5.34. The number of sulfonamides is 1. The summed E-state index contributed by atoms with van der Waals surface area (Å²) in [6, 6.07) is 11.0. The van der Waals surface area contributed by atoms with Crippen LogP contribution in [0.2, 0.25) is 0 Å². The van der Waals surface area contributed by atoms with Gasteiger partial charge in [-0.25, -0.2) is 8.42 Å². The van der Waals surface area contributed by atoms with E-state index in [1.807, 2.05) is 43.9 Å². The third-order valence-corrected chi connectivity index (χ3v) is 9.32. The van der Waals surface area contributed by atoms with Crippen LogP contribution in [0.25, 0.3) is 0 Å². The molecule has 3 aliphatic rings. The van der Waals surface area contributed by atoms with E-state index < -0.39 is 15.9 Å². The first-order valence-corrected chi connectivity index (χ1v) is 13.9. The van der Waals surface area contributed by atoms with E-state index in [2.05, 4.69) is 5.32 Å². The molecule has 2 amide bonds. The zero-order valence-corrected chi connectivity index (χ0v) is 21.4. The van der Waals surface area contributed by atoms with Gasteiger partial charge in [0.1, 0.15) is 0 Å². The van der Waals surface area contributed by atoms with E-state index in [9.17, 15) is 18.0 Å². The minimum Gasteiger partial charge on any atom is -0.326 e. The molecule has 0 bridgehead atoms. The Balaban J connectivity index is 1.32. The number of anilines is 2. The van der Waals surface area contributed by atoms with Crippen molar-refractivity contribution in [1.29, 1.82) is 0 Å². The highest BCUT2D eigenvalue weighted by atomic mass is 32.2. The SMILES string of the molecule is Cc1ccc(NC(=O)[C@@H]2CCCN(S(=O)(=O)c3ccc4c(c3)C[C@@H](C)N4C(=O)C3CC3)C2)c(C)c1. The number of carbonyl (C=O) groups is 2. The van der Waals surface area contributed by atoms with Crippen LogP contribution in [0.1, 0.15) is 49.3 Å². The second kappa shape index (κ2) is 9.06. The van der Waals surface area contributed by atoms with Gasteiger partial charge in [-0.2, -0.15) is 4.31 Å². The average molecular weight is 496 g/mol. The lowest BCUT2D eigenvalue weighted by molar-refractivity contribution is -0.121. The van der Waals surface area contributed by atoms with Gasteiger partial charge in [-0.15, -0.1) is 0 Å². The van der Waals surface area contributed by atoms with Crippen molar-refractivity contribution in [3.63, 3.8) is 0 Å². The molecule has 1 saturated carbocycles. The first-order chi connectivity index (χ1) is 16.6. The Kier molecular flexibility index (Phi) is 6.21. The third-order valence-electron chi connectivity index (χ3n) is 7.46. The quantitative estimate of drug-likeness (QED) is 0.679. The smallest absolute Gasteiger partial charge is 0.243 e. The number of fused-ring (bicyclic) bond motifs is 1. The van der Waals surface area contributed by atoms with Crippen LogP contribution in [0.3, 0.4) is 0 Å². The number of hydrogen-bond donors (Lipinski definition) is 1. The van der Waals surface area contributed by atoms with Gasteiger partial charge < -0.3 is 10.2 Å². The molecule has 1 N–H and O–H groups in total. The molecular weight excluding hydrogens is 462 g/mol. The number of nitrogens with zero attached hydrogens (tertiary/aromatic N) is 2. The summed E-state index contributed by atoms with van der Waals surface area (Å²) in [5.41, 5.74) is 4.60. The molecule has 5 rings (SSSR count). The number of nitrogens with one attached hydrogen (secondary N) is 1. The van der Waals surface area contributed by atoms with Crippen molar-refractivity contribution in [2.75, 3.05) is 23.3 Å². The third kappa shape index (κ3) is 4.61. The molecule has 0 aromatic heterocycles. The van der Waals surface area contributed by atoms with Crippen molar-refractivity contribution in [1.82, 2.24) is 4.31 Å². The lowest BCUT2D eigenvalue weighted by Gasteiger charge is -2.31. The molecule has 2 aromatic carbocycles. The van der Waals surface area contributed by atoms with E-state index in [1.165, 1.54) is 4.31 Å². The fourth-order valence-corrected chi connectivity index (χ4v) is 6.92. The second-order valence-electron chi connectivity index (χ2n) is 10.3. The van der Waals surface area contributed by atoms with Gasteiger partial charge in [-0.3, -0.25) is 9.59 Å². The molecule has 0 unspecified atom stereocenters. The molecule has 0 spiro atoms. The van der Waals surface area contributed by atoms with Crippen molar-refractivity contribution in [2.24, 2.45) is 11.8 Å². The van der Waals surface area contributed by atoms with E-state index in [0.29, 0.717) is 25.8 Å². The fraction of sp³-hybridized carbons (Fsp3) is 0.481. The average Bonchev–Trinajstić information content (AvgIpc) is 3.62. The first-order valence-electron chi connectivity index (χ1n) is 12.5. The Labute approximate surface area is 207 Å². The van der Waals surface area contributed by atoms with Crippen LogP contribution < -0.4 is 10.2 Å². The highest BCUT2D eigenvalue weighted by Gasteiger charge is 2.40. The molecule has 2 aliphatic heterocycles. The van der Waals surface area contributed by atoms with Crippen molar-refractivity contribution < 1.29 is 18.0 Å². The van der Waals surface area contributed by atoms with Gasteiger partial charge in [0, 0.05) is 36.4 Å². The molecule has 2 aromatic rings. The summed E-state index contributed by atoms with van der Waals surface area (Å²) in [5, 5.41) is 2.99. The molecule has 7 nitrogen and oxygen atoms in total. The van der Waals surface area contributed by atoms with Gasteiger partial charge in [0.05, 0.1) is 10.8 Å². The Morgan fingerprint density at radius 3 is 2.49 bits per heavy atom. The summed E-state index contributed by atoms with van der Waals surface area (Å²) in [5.74, 6) is -0.276. The lowest BCUT2D eigenvalue weighted by Crippen LogP contribution is -2.43. The Bertz CT molecular complexity index is 1290. The summed E-state index contributed by atoms with van der Waals surface area (Å²) in [7, 11) is -3.75. The van der Waals surface area contributed by atoms with Gasteiger partial charge in [-0.05, 0) is 88.3 Å². The van der Waals surface area contributed by atoms with Gasteiger partial charge in [0.25, 0.3) is 0 Å². The topological polar surface area (TPSA) is 86.8 Å². The minimum absolute atomic E-state index is 0.0318. The van der Waals surface area contributed by atoms with Crippen LogP contribution in [0.5, 0.6) is 0 Å². The molecule has 1 saturated heterocycles. The maximum Gasteiger partial charge on any atom is 0.243 e. The van der Waals surface area contributed by atoms with E-state index in [1.54, 1.807) is 18.2 Å². The van der Waals surface area contributed by atoms with E-state index in [0.717, 1.165) is 40.9 Å². The van der Waals surface area contributed by atoms with Crippen LogP contribution in [0, 0.1) is 25.7 Å². The molecular formula is C27H33N3O4S. The maximum absolute atomic E-state index is 13.5. The highest BCUT2D eigenvalue weighted by Crippen LogP contribution is 2.40. The van der Waals surface area contributed by atoms with Crippen molar-refractivity contribution in [3.05, 3.63) is 53.1 Å². The molecule has 2 atom stereocenters. The molecule has 8 heteroatoms. The number of benzene rings is 2. The van der Waals surface area contributed by atoms with Crippen molar-refractivity contribution in [2.45, 2.75) is 63.8 Å². The zero-order valence-electron chi connectivity index (χ0n) is 20.6. The number of rotatable bonds is 5. The Morgan fingerprint density at radius 1 is 1.00 bits per heavy atom. The predicted molar refractivity (Wildman–Crippen MR) is 136 cm³/mol. The summed E-state index contributed by atoms with van der Waals surface area (Å²) >= 11 is 0. The number of carbonyl (C=O) groups excluding carboxylic acids is 2. The standard InChI is InChI=1S/C27H33N3O4S/c1-17-6-10-24(18(2)13-17)28-26(31)21-5-4-12-29(16-21)35(33,34)23-9-11-25-22(15-23)14-19(3)30(25)27(32)20-7-8-20/h6,9-11,13,15,19-21H,4-5,7-8,12,14,16H2,1-3H3,(H,28,31)/t19-,21-/m1/s1. The van der Waals surface area contributed by atoms with Crippen molar-refractivity contribution in [3.8, 4) is 0 Å². The number of hydrogen-bond acceptors (Lipinski definition) is 4.